The first kappa shape index (κ1) is 72.4. The fraction of sp³-hybridized carbons (Fsp3) is 0.708. The molecule has 27 heteroatoms. The van der Waals surface area contributed by atoms with Gasteiger partial charge in [0.25, 0.3) is 11.8 Å². The third-order valence-corrected chi connectivity index (χ3v) is 22.2. The Hall–Kier alpha value is -6.37. The van der Waals surface area contributed by atoms with Crippen LogP contribution < -0.4 is 31.9 Å². The predicted octanol–water partition coefficient (Wildman–Crippen LogP) is 1.87. The summed E-state index contributed by atoms with van der Waals surface area (Å²) < 4.78 is 59.6. The number of carbonyl (C=O) groups is 9. The van der Waals surface area contributed by atoms with Crippen molar-refractivity contribution in [3.05, 3.63) is 72.4 Å². The predicted molar refractivity (Wildman–Crippen MR) is 351 cm³/mol. The Bertz CT molecular complexity index is 3170. The lowest BCUT2D eigenvalue weighted by Gasteiger charge is -2.70. The van der Waals surface area contributed by atoms with Gasteiger partial charge in [-0.3, -0.25) is 48.1 Å². The fourth-order valence-corrected chi connectivity index (χ4v) is 16.7. The zero-order valence-electron chi connectivity index (χ0n) is 56.7. The number of amides is 8. The Morgan fingerprint density at radius 3 is 2.15 bits per heavy atom. The van der Waals surface area contributed by atoms with E-state index in [1.54, 1.807) is 37.4 Å². The number of methoxy groups -OCH3 is 1. The molecule has 0 radical (unpaired) electrons. The van der Waals surface area contributed by atoms with Crippen molar-refractivity contribution in [2.75, 3.05) is 46.6 Å². The molecule has 8 amide bonds. The van der Waals surface area contributed by atoms with Crippen molar-refractivity contribution in [3.8, 4) is 0 Å². The normalized spacial score (nSPS) is 35.6. The van der Waals surface area contributed by atoms with Gasteiger partial charge in [-0.05, 0) is 99.2 Å². The molecule has 27 nitrogen and oxygen atoms in total. The van der Waals surface area contributed by atoms with Gasteiger partial charge in [0.2, 0.25) is 35.4 Å². The van der Waals surface area contributed by atoms with E-state index in [9.17, 15) is 53.4 Å². The molecule has 0 spiro atoms. The molecule has 13 aliphatic rings. The maximum Gasteiger partial charge on any atom is 0.253 e. The van der Waals surface area contributed by atoms with Crippen molar-refractivity contribution < 1.29 is 96.0 Å². The summed E-state index contributed by atoms with van der Waals surface area (Å²) in [6, 6.07) is 7.69. The molecule has 11 heterocycles. The molecule has 10 saturated heterocycles. The average Bonchev–Trinajstić information content (AvgIpc) is 1.28. The van der Waals surface area contributed by atoms with Crippen LogP contribution in [0.4, 0.5) is 0 Å². The fourth-order valence-electron chi connectivity index (χ4n) is 16.7. The highest BCUT2D eigenvalue weighted by Gasteiger charge is 2.73. The van der Waals surface area contributed by atoms with Crippen LogP contribution in [0.25, 0.3) is 0 Å². The first-order chi connectivity index (χ1) is 47.7. The van der Waals surface area contributed by atoms with E-state index in [2.05, 4.69) is 52.0 Å². The smallest absolute Gasteiger partial charge is 0.253 e. The van der Waals surface area contributed by atoms with Crippen LogP contribution >= 0.6 is 0 Å². The molecule has 8 N–H and O–H groups in total. The Morgan fingerprint density at radius 2 is 1.38 bits per heavy atom. The van der Waals surface area contributed by atoms with Gasteiger partial charge in [0.1, 0.15) is 30.8 Å². The maximum atomic E-state index is 14.6. The summed E-state index contributed by atoms with van der Waals surface area (Å²) in [5, 5.41) is 39.5. The van der Waals surface area contributed by atoms with Gasteiger partial charge in [-0.1, -0.05) is 56.8 Å². The number of nitrogens with zero attached hydrogens (tertiary/aromatic N) is 1. The molecule has 22 atom stereocenters. The Labute approximate surface area is 577 Å². The van der Waals surface area contributed by atoms with Crippen LogP contribution in [-0.2, 0) is 92.2 Å². The van der Waals surface area contributed by atoms with E-state index in [1.807, 2.05) is 0 Å². The highest BCUT2D eigenvalue weighted by Crippen LogP contribution is 2.61. The molecule has 1 aromatic carbocycles. The number of benzene rings is 1. The zero-order valence-corrected chi connectivity index (χ0v) is 56.7. The second-order valence-electron chi connectivity index (χ2n) is 29.3. The number of unbranched alkanes of at least 4 members (excludes halogenated alkanes) is 2. The van der Waals surface area contributed by atoms with Crippen LogP contribution in [0.15, 0.2) is 66.8 Å². The van der Waals surface area contributed by atoms with Gasteiger partial charge in [0.15, 0.2) is 5.79 Å². The minimum absolute atomic E-state index is 0.0200. The summed E-state index contributed by atoms with van der Waals surface area (Å²) in [7, 11) is 1.57. The molecular formula is C72H99N7O20. The van der Waals surface area contributed by atoms with Crippen LogP contribution in [0, 0.1) is 29.6 Å². The molecule has 2 aliphatic carbocycles. The topological polar surface area (TPSA) is 353 Å². The summed E-state index contributed by atoms with van der Waals surface area (Å²) in [4.78, 5) is 118. The van der Waals surface area contributed by atoms with E-state index in [1.165, 1.54) is 12.2 Å². The Balaban J connectivity index is 0.611. The molecule has 11 aliphatic heterocycles. The first-order valence-electron chi connectivity index (χ1n) is 35.9. The van der Waals surface area contributed by atoms with E-state index >= 15 is 0 Å². The summed E-state index contributed by atoms with van der Waals surface area (Å²) in [5.74, 6) is -6.15. The number of carbonyl (C=O) groups excluding carboxylic acids is 9. The standard InChI is InChI=1S/C72H99N7O20/c1-38-25-45-16-18-50-39(2)26-47(93-50)22-23-72(90)32-55-62-67-63(68(62)98-55)69(99-72)66-51(97-67)19-17-46(95-66)28-43(80)29-48-53(31-52(94-45)40(38)3)96-54(65(48)91-4)30-44(81)33-75-71(89)64(42-14-15-42)92-37-77-58(84)35-76-70(88)49(27-41-11-7-5-8-12-41)78-59(85)36-74-57(83)34-73-56(82)13-9-6-10-24-79-60(86)20-21-61(79)87/h5,7-8,11-12,20-21,38,42,44-55,62-69,81,90H,2-3,6,9-10,13-19,22-37H2,1,4H3,(H,73,82)(H,74,83)(H,75,89)(H,76,88)(H,77,84)(H,78,85)/t38-,44+,45+,46-,47+,48+,49+,50+,51+,52-,53+,54-,55-,62+,63?,64-,65-,66+,67+,68?,69-,72+/m1/s1. The van der Waals surface area contributed by atoms with Gasteiger partial charge < -0.3 is 84.7 Å². The highest BCUT2D eigenvalue weighted by atomic mass is 16.7. The largest absolute Gasteiger partial charge is 0.391 e. The van der Waals surface area contributed by atoms with E-state index in [-0.39, 0.29) is 136 Å². The molecule has 2 saturated carbocycles. The minimum atomic E-state index is -1.46. The molecule has 0 aromatic heterocycles. The van der Waals surface area contributed by atoms with Gasteiger partial charge in [0, 0.05) is 101 Å². The van der Waals surface area contributed by atoms with Crippen LogP contribution in [0.2, 0.25) is 0 Å². The van der Waals surface area contributed by atoms with Crippen molar-refractivity contribution in [1.29, 1.82) is 0 Å². The van der Waals surface area contributed by atoms with E-state index in [0.29, 0.717) is 89.0 Å². The summed E-state index contributed by atoms with van der Waals surface area (Å²) in [5.41, 5.74) is 2.68. The lowest BCUT2D eigenvalue weighted by atomic mass is 9.56. The number of nitrogens with one attached hydrogen (secondary N) is 6. The van der Waals surface area contributed by atoms with Crippen LogP contribution in [0.1, 0.15) is 134 Å². The van der Waals surface area contributed by atoms with Crippen LogP contribution in [-0.4, -0.2) is 224 Å². The number of imide groups is 1. The van der Waals surface area contributed by atoms with Gasteiger partial charge >= 0.3 is 0 Å². The second-order valence-corrected chi connectivity index (χ2v) is 29.3. The van der Waals surface area contributed by atoms with Crippen molar-refractivity contribution in [2.24, 2.45) is 29.6 Å². The third kappa shape index (κ3) is 17.8. The maximum absolute atomic E-state index is 14.6. The summed E-state index contributed by atoms with van der Waals surface area (Å²) >= 11 is 0. The average molecular weight is 1380 g/mol. The Kier molecular flexibility index (Phi) is 23.6. The molecule has 542 valence electrons. The minimum Gasteiger partial charge on any atom is -0.391 e. The number of hydrogen-bond donors (Lipinski definition) is 8. The van der Waals surface area contributed by atoms with Gasteiger partial charge in [-0.15, -0.1) is 0 Å². The quantitative estimate of drug-likeness (QED) is 0.0284. The number of aliphatic hydroxyl groups excluding tert-OH is 1. The van der Waals surface area contributed by atoms with Crippen molar-refractivity contribution >= 4 is 53.0 Å². The molecule has 14 rings (SSSR count). The molecule has 99 heavy (non-hydrogen) atoms. The lowest BCUT2D eigenvalue weighted by Crippen LogP contribution is -2.81. The second kappa shape index (κ2) is 32.3. The number of ketones is 1. The Morgan fingerprint density at radius 1 is 0.677 bits per heavy atom. The monoisotopic (exact) mass is 1380 g/mol. The van der Waals surface area contributed by atoms with E-state index in [0.717, 1.165) is 28.9 Å². The van der Waals surface area contributed by atoms with E-state index in [4.69, 9.17) is 42.6 Å². The number of rotatable bonds is 26. The summed E-state index contributed by atoms with van der Waals surface area (Å²) in [6.07, 6.45) is 5.15. The van der Waals surface area contributed by atoms with Crippen LogP contribution in [0.3, 0.4) is 0 Å². The molecule has 12 fully saturated rings. The SMILES string of the molecule is C=C1C[C@@H]2CC[C@@]3(O)C[C@H]4OC5C6[C@@H](O3)[C@H]3O[C@H](CC[C@@H]3O[C@H]6[C@@H]54)CC(=O)C[C@@H]3[C@@H](OC)[C@@H](C[C@H](O)CNC(=O)[C@H](OCNC(=O)CNC(=O)[C@H](Cc4ccccc4)NC(=O)CNC(=O)CNC(=O)CCCCCN4C(=O)C=CC4=O)C4CC4)O[C@H]3C[C@H]3O[C@@H](CC[C@@H]1O2)C[C@@H](C)C3=C. The molecular weight excluding hydrogens is 1280 g/mol. The number of Topliss-reactive ketones (excluding diaryl/α,β-unsaturated/α-hetero) is 1. The highest BCUT2D eigenvalue weighted by molar-refractivity contribution is 6.12. The van der Waals surface area contributed by atoms with Gasteiger partial charge in [0.05, 0.1) is 105 Å². The van der Waals surface area contributed by atoms with Crippen LogP contribution in [0.5, 0.6) is 0 Å². The lowest BCUT2D eigenvalue weighted by molar-refractivity contribution is -0.444. The summed E-state index contributed by atoms with van der Waals surface area (Å²) in [6.45, 7) is 9.37. The van der Waals surface area contributed by atoms with Crippen molar-refractivity contribution in [1.82, 2.24) is 36.8 Å². The van der Waals surface area contributed by atoms with Crippen molar-refractivity contribution in [2.45, 2.75) is 245 Å². The first-order valence-corrected chi connectivity index (χ1v) is 35.9. The third-order valence-electron chi connectivity index (χ3n) is 22.2. The molecule has 13 bridgehead atoms. The number of hydrogen-bond acceptors (Lipinski definition) is 20. The van der Waals surface area contributed by atoms with Crippen molar-refractivity contribution in [3.63, 3.8) is 0 Å². The molecule has 1 aromatic rings. The van der Waals surface area contributed by atoms with Gasteiger partial charge in [-0.2, -0.15) is 0 Å². The van der Waals surface area contributed by atoms with E-state index < -0.39 is 128 Å². The van der Waals surface area contributed by atoms with Gasteiger partial charge in [-0.25, -0.2) is 0 Å². The zero-order chi connectivity index (χ0) is 69.6. The molecule has 2 unspecified atom stereocenters. The number of fused-ring (bicyclic) bond motifs is 6. The number of ether oxygens (including phenoxy) is 9. The number of aliphatic hydroxyl groups is 2.